The van der Waals surface area contributed by atoms with E-state index in [4.69, 9.17) is 5.73 Å². The van der Waals surface area contributed by atoms with Crippen molar-refractivity contribution in [2.24, 2.45) is 17.6 Å². The summed E-state index contributed by atoms with van der Waals surface area (Å²) in [7, 11) is 0. The molecule has 0 aromatic rings. The van der Waals surface area contributed by atoms with Crippen molar-refractivity contribution in [1.82, 2.24) is 4.90 Å². The van der Waals surface area contributed by atoms with E-state index in [1.807, 2.05) is 0 Å². The van der Waals surface area contributed by atoms with Crippen molar-refractivity contribution >= 4 is 0 Å². The van der Waals surface area contributed by atoms with E-state index in [9.17, 15) is 0 Å². The average Bonchev–Trinajstić information content (AvgIpc) is 2.89. The third-order valence-electron chi connectivity index (χ3n) is 6.15. The van der Waals surface area contributed by atoms with Gasteiger partial charge in [0.1, 0.15) is 0 Å². The van der Waals surface area contributed by atoms with Crippen molar-refractivity contribution < 1.29 is 0 Å². The first kappa shape index (κ1) is 10.8. The van der Waals surface area contributed by atoms with Crippen molar-refractivity contribution in [2.75, 3.05) is 0 Å². The summed E-state index contributed by atoms with van der Waals surface area (Å²) in [5, 5.41) is 0. The van der Waals surface area contributed by atoms with Crippen molar-refractivity contribution in [3.63, 3.8) is 0 Å². The SMILES string of the molecule is NC1CC2CCCC(C1)N2C1CC2CCC1C2. The summed E-state index contributed by atoms with van der Waals surface area (Å²) in [5.74, 6) is 2.14. The lowest BCUT2D eigenvalue weighted by Crippen LogP contribution is -2.59. The van der Waals surface area contributed by atoms with Crippen LogP contribution in [0.25, 0.3) is 0 Å². The molecule has 96 valence electrons. The molecule has 4 rings (SSSR count). The first-order valence-corrected chi connectivity index (χ1v) is 7.84. The smallest absolute Gasteiger partial charge is 0.0132 e. The fraction of sp³-hybridized carbons (Fsp3) is 1.00. The molecular weight excluding hydrogens is 208 g/mol. The van der Waals surface area contributed by atoms with Crippen molar-refractivity contribution in [3.05, 3.63) is 0 Å². The highest BCUT2D eigenvalue weighted by Crippen LogP contribution is 2.50. The zero-order valence-corrected chi connectivity index (χ0v) is 10.9. The molecule has 0 spiro atoms. The van der Waals surface area contributed by atoms with Gasteiger partial charge in [-0.25, -0.2) is 0 Å². The maximum atomic E-state index is 6.24. The lowest BCUT2D eigenvalue weighted by atomic mass is 9.78. The van der Waals surface area contributed by atoms with Gasteiger partial charge >= 0.3 is 0 Å². The van der Waals surface area contributed by atoms with Gasteiger partial charge in [0.2, 0.25) is 0 Å². The number of fused-ring (bicyclic) bond motifs is 4. The van der Waals surface area contributed by atoms with Gasteiger partial charge in [0.25, 0.3) is 0 Å². The number of hydrogen-bond acceptors (Lipinski definition) is 2. The Hall–Kier alpha value is -0.0800. The number of hydrogen-bond donors (Lipinski definition) is 1. The molecule has 4 fully saturated rings. The minimum Gasteiger partial charge on any atom is -0.328 e. The Labute approximate surface area is 105 Å². The molecule has 2 N–H and O–H groups in total. The summed E-state index contributed by atoms with van der Waals surface area (Å²) in [6.07, 6.45) is 13.0. The molecule has 2 saturated heterocycles. The minimum atomic E-state index is 0.500. The Morgan fingerprint density at radius 3 is 2.18 bits per heavy atom. The molecule has 2 heterocycles. The van der Waals surface area contributed by atoms with Crippen LogP contribution in [0.15, 0.2) is 0 Å². The summed E-state index contributed by atoms with van der Waals surface area (Å²) < 4.78 is 0. The van der Waals surface area contributed by atoms with Gasteiger partial charge in [0.05, 0.1) is 0 Å². The zero-order valence-electron chi connectivity index (χ0n) is 10.9. The van der Waals surface area contributed by atoms with Gasteiger partial charge in [-0.3, -0.25) is 4.90 Å². The summed E-state index contributed by atoms with van der Waals surface area (Å²) in [4.78, 5) is 2.97. The molecule has 2 heteroatoms. The molecule has 2 aliphatic heterocycles. The first-order chi connectivity index (χ1) is 8.31. The van der Waals surface area contributed by atoms with Gasteiger partial charge in [-0.2, -0.15) is 0 Å². The summed E-state index contributed by atoms with van der Waals surface area (Å²) in [6, 6.07) is 3.15. The maximum absolute atomic E-state index is 6.24. The van der Waals surface area contributed by atoms with Crippen LogP contribution in [0.4, 0.5) is 0 Å². The van der Waals surface area contributed by atoms with Crippen LogP contribution in [0.2, 0.25) is 0 Å². The third kappa shape index (κ3) is 1.67. The monoisotopic (exact) mass is 234 g/mol. The van der Waals surface area contributed by atoms with Crippen molar-refractivity contribution in [1.29, 1.82) is 0 Å². The minimum absolute atomic E-state index is 0.500. The van der Waals surface area contributed by atoms with Gasteiger partial charge in [-0.15, -0.1) is 0 Å². The predicted molar refractivity (Wildman–Crippen MR) is 69.7 cm³/mol. The van der Waals surface area contributed by atoms with E-state index in [0.29, 0.717) is 6.04 Å². The van der Waals surface area contributed by atoms with E-state index in [1.165, 1.54) is 51.4 Å². The molecule has 0 amide bonds. The summed E-state index contributed by atoms with van der Waals surface area (Å²) in [5.41, 5.74) is 6.24. The standard InChI is InChI=1S/C15H26N2/c16-12-8-13-2-1-3-14(9-12)17(13)15-7-10-4-5-11(15)6-10/h10-15H,1-9,16H2. The molecular formula is C15H26N2. The zero-order chi connectivity index (χ0) is 11.4. The number of piperidine rings is 2. The molecule has 17 heavy (non-hydrogen) atoms. The predicted octanol–water partition coefficient (Wildman–Crippen LogP) is 2.52. The van der Waals surface area contributed by atoms with Crippen LogP contribution < -0.4 is 5.73 Å². The molecule has 2 saturated carbocycles. The van der Waals surface area contributed by atoms with E-state index in [0.717, 1.165) is 30.0 Å². The molecule has 5 atom stereocenters. The Bertz CT molecular complexity index is 289. The lowest BCUT2D eigenvalue weighted by Gasteiger charge is -2.52. The van der Waals surface area contributed by atoms with E-state index >= 15 is 0 Å². The fourth-order valence-electron chi connectivity index (χ4n) is 5.58. The van der Waals surface area contributed by atoms with Gasteiger partial charge in [-0.1, -0.05) is 12.8 Å². The second kappa shape index (κ2) is 3.96. The van der Waals surface area contributed by atoms with Crippen LogP contribution in [0.5, 0.6) is 0 Å². The highest BCUT2D eigenvalue weighted by Gasteiger charge is 2.48. The van der Waals surface area contributed by atoms with E-state index in [2.05, 4.69) is 4.90 Å². The summed E-state index contributed by atoms with van der Waals surface area (Å²) in [6.45, 7) is 0. The molecule has 0 aromatic heterocycles. The highest BCUT2D eigenvalue weighted by atomic mass is 15.2. The van der Waals surface area contributed by atoms with Gasteiger partial charge < -0.3 is 5.73 Å². The topological polar surface area (TPSA) is 29.3 Å². The quantitative estimate of drug-likeness (QED) is 0.755. The van der Waals surface area contributed by atoms with Crippen LogP contribution in [0, 0.1) is 11.8 Å². The Morgan fingerprint density at radius 1 is 0.824 bits per heavy atom. The van der Waals surface area contributed by atoms with E-state index in [1.54, 1.807) is 6.42 Å². The largest absolute Gasteiger partial charge is 0.328 e. The van der Waals surface area contributed by atoms with Crippen LogP contribution in [-0.2, 0) is 0 Å². The normalized spacial score (nSPS) is 54.2. The molecule has 4 aliphatic rings. The van der Waals surface area contributed by atoms with Crippen LogP contribution in [0.3, 0.4) is 0 Å². The number of nitrogens with two attached hydrogens (primary N) is 1. The number of nitrogens with zero attached hydrogens (tertiary/aromatic N) is 1. The van der Waals surface area contributed by atoms with Gasteiger partial charge in [-0.05, 0) is 56.8 Å². The maximum Gasteiger partial charge on any atom is 0.0132 e. The van der Waals surface area contributed by atoms with Crippen molar-refractivity contribution in [2.45, 2.75) is 82.0 Å². The molecule has 0 radical (unpaired) electrons. The first-order valence-electron chi connectivity index (χ1n) is 7.84. The molecule has 0 aromatic carbocycles. The van der Waals surface area contributed by atoms with E-state index < -0.39 is 0 Å². The number of rotatable bonds is 1. The Morgan fingerprint density at radius 2 is 1.59 bits per heavy atom. The Balaban J connectivity index is 1.56. The Kier molecular flexibility index (Phi) is 2.52. The summed E-state index contributed by atoms with van der Waals surface area (Å²) >= 11 is 0. The molecule has 5 unspecified atom stereocenters. The third-order valence-corrected chi connectivity index (χ3v) is 6.15. The lowest BCUT2D eigenvalue weighted by molar-refractivity contribution is -0.0234. The van der Waals surface area contributed by atoms with E-state index in [-0.39, 0.29) is 0 Å². The van der Waals surface area contributed by atoms with Gasteiger partial charge in [0.15, 0.2) is 0 Å². The molecule has 2 nitrogen and oxygen atoms in total. The van der Waals surface area contributed by atoms with Gasteiger partial charge in [0, 0.05) is 24.2 Å². The van der Waals surface area contributed by atoms with Crippen LogP contribution in [-0.4, -0.2) is 29.1 Å². The highest BCUT2D eigenvalue weighted by molar-refractivity contribution is 5.03. The fourth-order valence-corrected chi connectivity index (χ4v) is 5.58. The second-order valence-corrected chi connectivity index (χ2v) is 7.16. The average molecular weight is 234 g/mol. The molecule has 2 aliphatic carbocycles. The second-order valence-electron chi connectivity index (χ2n) is 7.16. The van der Waals surface area contributed by atoms with Crippen LogP contribution in [0.1, 0.15) is 57.8 Å². The van der Waals surface area contributed by atoms with Crippen LogP contribution >= 0.6 is 0 Å². The van der Waals surface area contributed by atoms with Crippen molar-refractivity contribution in [3.8, 4) is 0 Å². The molecule has 4 bridgehead atoms.